The predicted octanol–water partition coefficient (Wildman–Crippen LogP) is 2.74. The number of nitrogens with zero attached hydrogens (tertiary/aromatic N) is 2. The number of hydrogen-bond donors (Lipinski definition) is 1. The molecule has 1 aliphatic carbocycles. The van der Waals surface area contributed by atoms with E-state index in [9.17, 15) is 13.2 Å². The summed E-state index contributed by atoms with van der Waals surface area (Å²) < 4.78 is 28.2. The fourth-order valence-corrected chi connectivity index (χ4v) is 3.14. The minimum atomic E-state index is -3.16. The Bertz CT molecular complexity index is 982. The molecule has 0 unspecified atom stereocenters. The third kappa shape index (κ3) is 5.13. The van der Waals surface area contributed by atoms with E-state index in [1.807, 2.05) is 6.07 Å². The molecular weight excluding hydrogens is 366 g/mol. The molecule has 1 saturated carbocycles. The van der Waals surface area contributed by atoms with Gasteiger partial charge in [-0.2, -0.15) is 4.98 Å². The van der Waals surface area contributed by atoms with Gasteiger partial charge in [0.15, 0.2) is 9.84 Å². The number of rotatable bonds is 7. The van der Waals surface area contributed by atoms with E-state index in [2.05, 4.69) is 9.97 Å². The highest BCUT2D eigenvalue weighted by Crippen LogP contribution is 2.35. The standard InChI is InChI=1S/C19H21N3O4S/c1-27(24,25)10-4-6-13-5-2-9-15(11-13)26-19-16(17(20)23)12-21-18(22-19)14-7-3-8-14/h2,4-5,9-12,14H,3,6-8H2,1H3,(H2,20,23)/b10-4+. The van der Waals surface area contributed by atoms with E-state index in [1.54, 1.807) is 24.3 Å². The van der Waals surface area contributed by atoms with Gasteiger partial charge in [0.2, 0.25) is 5.88 Å². The Morgan fingerprint density at radius 3 is 2.78 bits per heavy atom. The third-order valence-corrected chi connectivity index (χ3v) is 5.00. The molecule has 0 spiro atoms. The van der Waals surface area contributed by atoms with Gasteiger partial charge in [-0.3, -0.25) is 4.79 Å². The summed E-state index contributed by atoms with van der Waals surface area (Å²) >= 11 is 0. The number of hydrogen-bond acceptors (Lipinski definition) is 6. The Hall–Kier alpha value is -2.74. The summed E-state index contributed by atoms with van der Waals surface area (Å²) in [5.74, 6) is 0.928. The first-order chi connectivity index (χ1) is 12.8. The van der Waals surface area contributed by atoms with Crippen LogP contribution in [-0.4, -0.2) is 30.5 Å². The first kappa shape index (κ1) is 19.0. The number of benzene rings is 1. The second-order valence-corrected chi connectivity index (χ2v) is 8.53. The topological polar surface area (TPSA) is 112 Å². The van der Waals surface area contributed by atoms with Crippen LogP contribution in [0.1, 0.15) is 46.9 Å². The van der Waals surface area contributed by atoms with Gasteiger partial charge in [0.25, 0.3) is 5.91 Å². The molecule has 1 amide bonds. The van der Waals surface area contributed by atoms with Crippen LogP contribution in [0.15, 0.2) is 41.9 Å². The number of amides is 1. The van der Waals surface area contributed by atoms with Gasteiger partial charge >= 0.3 is 0 Å². The maximum Gasteiger partial charge on any atom is 0.255 e. The van der Waals surface area contributed by atoms with E-state index in [0.29, 0.717) is 23.9 Å². The Morgan fingerprint density at radius 2 is 2.15 bits per heavy atom. The molecular formula is C19H21N3O4S. The number of primary amides is 1. The average molecular weight is 387 g/mol. The highest BCUT2D eigenvalue weighted by Gasteiger charge is 2.24. The van der Waals surface area contributed by atoms with Crippen molar-refractivity contribution in [3.05, 3.63) is 58.9 Å². The van der Waals surface area contributed by atoms with Gasteiger partial charge in [0.05, 0.1) is 0 Å². The summed E-state index contributed by atoms with van der Waals surface area (Å²) in [6.07, 6.45) is 7.76. The van der Waals surface area contributed by atoms with Gasteiger partial charge in [0, 0.05) is 23.8 Å². The van der Waals surface area contributed by atoms with E-state index < -0.39 is 15.7 Å². The molecule has 0 saturated heterocycles. The van der Waals surface area contributed by atoms with Crippen LogP contribution in [0.5, 0.6) is 11.6 Å². The van der Waals surface area contributed by atoms with Crippen molar-refractivity contribution in [1.82, 2.24) is 9.97 Å². The number of allylic oxidation sites excluding steroid dienone is 1. The summed E-state index contributed by atoms with van der Waals surface area (Å²) in [6, 6.07) is 7.15. The van der Waals surface area contributed by atoms with Crippen LogP contribution in [-0.2, 0) is 16.3 Å². The van der Waals surface area contributed by atoms with Crippen molar-refractivity contribution in [3.63, 3.8) is 0 Å². The molecule has 27 heavy (non-hydrogen) atoms. The summed E-state index contributed by atoms with van der Waals surface area (Å²) in [5.41, 5.74) is 6.40. The van der Waals surface area contributed by atoms with Crippen molar-refractivity contribution in [1.29, 1.82) is 0 Å². The minimum absolute atomic E-state index is 0.125. The molecule has 1 fully saturated rings. The zero-order valence-corrected chi connectivity index (χ0v) is 15.8. The molecule has 3 rings (SSSR count). The molecule has 1 aliphatic rings. The molecule has 8 heteroatoms. The maximum atomic E-state index is 11.7. The molecule has 0 aliphatic heterocycles. The zero-order valence-electron chi connectivity index (χ0n) is 15.0. The molecule has 142 valence electrons. The van der Waals surface area contributed by atoms with Crippen molar-refractivity contribution in [2.24, 2.45) is 5.73 Å². The number of carbonyl (C=O) groups is 1. The number of ether oxygens (including phenoxy) is 1. The van der Waals surface area contributed by atoms with E-state index in [1.165, 1.54) is 11.6 Å². The number of aromatic nitrogens is 2. The SMILES string of the molecule is CS(=O)(=O)/C=C/Cc1cccc(Oc2nc(C3CCC3)ncc2C(N)=O)c1. The number of nitrogens with two attached hydrogens (primary N) is 1. The minimum Gasteiger partial charge on any atom is -0.438 e. The van der Waals surface area contributed by atoms with Crippen molar-refractivity contribution < 1.29 is 17.9 Å². The molecule has 7 nitrogen and oxygen atoms in total. The highest BCUT2D eigenvalue weighted by molar-refractivity contribution is 7.93. The second kappa shape index (κ2) is 7.87. The lowest BCUT2D eigenvalue weighted by Gasteiger charge is -2.24. The average Bonchev–Trinajstić information content (AvgIpc) is 2.52. The lowest BCUT2D eigenvalue weighted by Crippen LogP contribution is -2.17. The van der Waals surface area contributed by atoms with Crippen LogP contribution in [0.3, 0.4) is 0 Å². The largest absolute Gasteiger partial charge is 0.438 e. The van der Waals surface area contributed by atoms with Crippen molar-refractivity contribution in [3.8, 4) is 11.6 Å². The van der Waals surface area contributed by atoms with Gasteiger partial charge in [-0.25, -0.2) is 13.4 Å². The van der Waals surface area contributed by atoms with E-state index in [0.717, 1.165) is 31.1 Å². The molecule has 0 atom stereocenters. The molecule has 0 bridgehead atoms. The molecule has 1 heterocycles. The summed E-state index contributed by atoms with van der Waals surface area (Å²) in [6.45, 7) is 0. The predicted molar refractivity (Wildman–Crippen MR) is 101 cm³/mol. The Morgan fingerprint density at radius 1 is 1.37 bits per heavy atom. The normalized spacial score (nSPS) is 14.9. The molecule has 1 aromatic heterocycles. The summed E-state index contributed by atoms with van der Waals surface area (Å²) in [4.78, 5) is 20.3. The van der Waals surface area contributed by atoms with Gasteiger partial charge in [-0.1, -0.05) is 24.6 Å². The van der Waals surface area contributed by atoms with Crippen LogP contribution in [0, 0.1) is 0 Å². The van der Waals surface area contributed by atoms with E-state index in [-0.39, 0.29) is 11.4 Å². The van der Waals surface area contributed by atoms with Crippen molar-refractivity contribution >= 4 is 15.7 Å². The van der Waals surface area contributed by atoms with Gasteiger partial charge in [-0.05, 0) is 37.0 Å². The number of carbonyl (C=O) groups excluding carboxylic acids is 1. The molecule has 1 aromatic carbocycles. The molecule has 2 N–H and O–H groups in total. The van der Waals surface area contributed by atoms with Crippen LogP contribution >= 0.6 is 0 Å². The maximum absolute atomic E-state index is 11.7. The quantitative estimate of drug-likeness (QED) is 0.782. The lowest BCUT2D eigenvalue weighted by molar-refractivity contribution is 0.0997. The first-order valence-corrected chi connectivity index (χ1v) is 10.6. The van der Waals surface area contributed by atoms with Gasteiger partial charge in [-0.15, -0.1) is 0 Å². The first-order valence-electron chi connectivity index (χ1n) is 8.62. The monoisotopic (exact) mass is 387 g/mol. The molecule has 2 aromatic rings. The Kier molecular flexibility index (Phi) is 5.55. The van der Waals surface area contributed by atoms with Crippen LogP contribution in [0.4, 0.5) is 0 Å². The fourth-order valence-electron chi connectivity index (χ4n) is 2.70. The lowest BCUT2D eigenvalue weighted by atomic mass is 9.85. The van der Waals surface area contributed by atoms with Crippen molar-refractivity contribution in [2.75, 3.05) is 6.26 Å². The zero-order chi connectivity index (χ0) is 19.4. The Labute approximate surface area is 158 Å². The van der Waals surface area contributed by atoms with Crippen LogP contribution < -0.4 is 10.5 Å². The van der Waals surface area contributed by atoms with Crippen LogP contribution in [0.2, 0.25) is 0 Å². The van der Waals surface area contributed by atoms with Crippen LogP contribution in [0.25, 0.3) is 0 Å². The van der Waals surface area contributed by atoms with E-state index >= 15 is 0 Å². The van der Waals surface area contributed by atoms with Crippen molar-refractivity contribution in [2.45, 2.75) is 31.6 Å². The van der Waals surface area contributed by atoms with E-state index in [4.69, 9.17) is 10.5 Å². The highest BCUT2D eigenvalue weighted by atomic mass is 32.2. The van der Waals surface area contributed by atoms with Gasteiger partial charge in [0.1, 0.15) is 17.1 Å². The number of sulfone groups is 1. The summed E-state index contributed by atoms with van der Waals surface area (Å²) in [5, 5.41) is 1.17. The fraction of sp³-hybridized carbons (Fsp3) is 0.316. The second-order valence-electron chi connectivity index (χ2n) is 6.59. The van der Waals surface area contributed by atoms with Gasteiger partial charge < -0.3 is 10.5 Å². The summed E-state index contributed by atoms with van der Waals surface area (Å²) in [7, 11) is -3.16. The third-order valence-electron chi connectivity index (χ3n) is 4.32. The Balaban J connectivity index is 1.82. The molecule has 0 radical (unpaired) electrons. The smallest absolute Gasteiger partial charge is 0.255 e.